The zero-order valence-corrected chi connectivity index (χ0v) is 13.2. The maximum absolute atomic E-state index is 11.2. The summed E-state index contributed by atoms with van der Waals surface area (Å²) < 4.78 is 0. The van der Waals surface area contributed by atoms with Crippen LogP contribution >= 0.6 is 0 Å². The summed E-state index contributed by atoms with van der Waals surface area (Å²) in [7, 11) is 2.16. The number of likely N-dealkylation sites (N-methyl/N-ethyl adjacent to an activating group) is 1. The number of carbonyl (C=O) groups is 1. The summed E-state index contributed by atoms with van der Waals surface area (Å²) in [4.78, 5) is 25.0. The van der Waals surface area contributed by atoms with Gasteiger partial charge in [0.1, 0.15) is 5.82 Å². The van der Waals surface area contributed by atoms with Gasteiger partial charge in [-0.3, -0.25) is 9.78 Å². The van der Waals surface area contributed by atoms with Gasteiger partial charge in [-0.05, 0) is 39.3 Å². The molecule has 0 radical (unpaired) electrons. The van der Waals surface area contributed by atoms with Crippen molar-refractivity contribution in [2.24, 2.45) is 11.7 Å². The highest BCUT2D eigenvalue weighted by Gasteiger charge is 2.25. The topological polar surface area (TPSA) is 75.3 Å². The van der Waals surface area contributed by atoms with Crippen molar-refractivity contribution >= 4 is 11.7 Å². The molecule has 1 atom stereocenters. The summed E-state index contributed by atoms with van der Waals surface area (Å²) in [6, 6.07) is 0. The van der Waals surface area contributed by atoms with Crippen LogP contribution in [0, 0.1) is 5.92 Å². The maximum Gasteiger partial charge on any atom is 0.220 e. The van der Waals surface area contributed by atoms with Gasteiger partial charge < -0.3 is 15.5 Å². The van der Waals surface area contributed by atoms with E-state index >= 15 is 0 Å². The van der Waals surface area contributed by atoms with E-state index in [1.54, 1.807) is 0 Å². The number of likely N-dealkylation sites (tertiary alicyclic amines) is 1. The molecule has 2 aliphatic rings. The molecule has 0 spiro atoms. The highest BCUT2D eigenvalue weighted by molar-refractivity contribution is 5.76. The van der Waals surface area contributed by atoms with E-state index in [1.165, 1.54) is 19.4 Å². The number of aromatic nitrogens is 2. The quantitative estimate of drug-likeness (QED) is 0.901. The second-order valence-corrected chi connectivity index (χ2v) is 6.56. The third kappa shape index (κ3) is 3.38. The molecular formula is C16H25N5O. The monoisotopic (exact) mass is 303 g/mol. The van der Waals surface area contributed by atoms with E-state index in [0.29, 0.717) is 5.92 Å². The molecule has 6 nitrogen and oxygen atoms in total. The molecule has 3 heterocycles. The smallest absolute Gasteiger partial charge is 0.220 e. The van der Waals surface area contributed by atoms with Crippen molar-refractivity contribution in [1.82, 2.24) is 14.9 Å². The Bertz CT molecular complexity index is 510. The Morgan fingerprint density at radius 1 is 1.18 bits per heavy atom. The van der Waals surface area contributed by atoms with Crippen LogP contribution in [0.25, 0.3) is 0 Å². The minimum Gasteiger partial charge on any atom is -0.369 e. The van der Waals surface area contributed by atoms with E-state index in [0.717, 1.165) is 44.0 Å². The zero-order valence-electron chi connectivity index (χ0n) is 13.2. The fourth-order valence-electron chi connectivity index (χ4n) is 3.51. The van der Waals surface area contributed by atoms with E-state index < -0.39 is 0 Å². The molecule has 0 aliphatic carbocycles. The van der Waals surface area contributed by atoms with Crippen LogP contribution in [0.4, 0.5) is 5.82 Å². The van der Waals surface area contributed by atoms with Crippen LogP contribution in [0.2, 0.25) is 0 Å². The molecule has 2 aliphatic heterocycles. The van der Waals surface area contributed by atoms with Gasteiger partial charge >= 0.3 is 0 Å². The molecule has 22 heavy (non-hydrogen) atoms. The number of anilines is 1. The summed E-state index contributed by atoms with van der Waals surface area (Å²) in [5, 5.41) is 0. The molecule has 120 valence electrons. The number of rotatable bonds is 3. The van der Waals surface area contributed by atoms with E-state index in [9.17, 15) is 4.79 Å². The van der Waals surface area contributed by atoms with Crippen molar-refractivity contribution in [3.05, 3.63) is 18.1 Å². The van der Waals surface area contributed by atoms with Crippen molar-refractivity contribution in [3.8, 4) is 0 Å². The highest BCUT2D eigenvalue weighted by atomic mass is 16.1. The van der Waals surface area contributed by atoms with Gasteiger partial charge in [0.25, 0.3) is 0 Å². The first-order valence-corrected chi connectivity index (χ1v) is 8.18. The SMILES string of the molecule is CN1CCC[C@H](c2cnc(N3CCC(C(N)=O)CC3)cn2)C1. The van der Waals surface area contributed by atoms with Crippen molar-refractivity contribution in [3.63, 3.8) is 0 Å². The second-order valence-electron chi connectivity index (χ2n) is 6.56. The van der Waals surface area contributed by atoms with E-state index in [-0.39, 0.29) is 11.8 Å². The first-order valence-electron chi connectivity index (χ1n) is 8.18. The number of carbonyl (C=O) groups excluding carboxylic acids is 1. The summed E-state index contributed by atoms with van der Waals surface area (Å²) in [5.74, 6) is 1.25. The summed E-state index contributed by atoms with van der Waals surface area (Å²) in [5.41, 5.74) is 6.47. The van der Waals surface area contributed by atoms with Crippen LogP contribution in [0.1, 0.15) is 37.3 Å². The lowest BCUT2D eigenvalue weighted by molar-refractivity contribution is -0.122. The number of amides is 1. The predicted molar refractivity (Wildman–Crippen MR) is 85.6 cm³/mol. The Morgan fingerprint density at radius 2 is 1.95 bits per heavy atom. The maximum atomic E-state index is 11.2. The first-order chi connectivity index (χ1) is 10.6. The van der Waals surface area contributed by atoms with Gasteiger partial charge in [0.05, 0.1) is 18.1 Å². The van der Waals surface area contributed by atoms with E-state index in [4.69, 9.17) is 5.73 Å². The molecule has 6 heteroatoms. The lowest BCUT2D eigenvalue weighted by Crippen LogP contribution is -2.39. The molecule has 0 saturated carbocycles. The predicted octanol–water partition coefficient (Wildman–Crippen LogP) is 0.988. The molecule has 1 amide bonds. The molecule has 0 unspecified atom stereocenters. The molecule has 1 aromatic rings. The largest absolute Gasteiger partial charge is 0.369 e. The normalized spacial score (nSPS) is 24.4. The Balaban J connectivity index is 1.61. The highest BCUT2D eigenvalue weighted by Crippen LogP contribution is 2.26. The van der Waals surface area contributed by atoms with Crippen LogP contribution in [0.3, 0.4) is 0 Å². The zero-order chi connectivity index (χ0) is 15.5. The minimum atomic E-state index is -0.178. The summed E-state index contributed by atoms with van der Waals surface area (Å²) >= 11 is 0. The van der Waals surface area contributed by atoms with Crippen molar-refractivity contribution in [2.45, 2.75) is 31.6 Å². The van der Waals surface area contributed by atoms with Gasteiger partial charge in [0, 0.05) is 31.5 Å². The number of nitrogens with zero attached hydrogens (tertiary/aromatic N) is 4. The standard InChI is InChI=1S/C16H25N5O/c1-20-6-2-3-13(11-20)14-9-19-15(10-18-14)21-7-4-12(5-8-21)16(17)22/h9-10,12-13H,2-8,11H2,1H3,(H2,17,22)/t13-/m0/s1. The molecule has 0 bridgehead atoms. The average Bonchev–Trinajstić information content (AvgIpc) is 2.55. The van der Waals surface area contributed by atoms with Gasteiger partial charge in [-0.1, -0.05) is 0 Å². The van der Waals surface area contributed by atoms with Crippen molar-refractivity contribution in [2.75, 3.05) is 38.1 Å². The third-order valence-electron chi connectivity index (χ3n) is 4.92. The van der Waals surface area contributed by atoms with Crippen LogP contribution in [0.15, 0.2) is 12.4 Å². The summed E-state index contributed by atoms with van der Waals surface area (Å²) in [6.45, 7) is 3.90. The average molecular weight is 303 g/mol. The van der Waals surface area contributed by atoms with Crippen LogP contribution in [0.5, 0.6) is 0 Å². The van der Waals surface area contributed by atoms with Crippen molar-refractivity contribution < 1.29 is 4.79 Å². The van der Waals surface area contributed by atoms with Crippen LogP contribution in [-0.4, -0.2) is 54.0 Å². The first kappa shape index (κ1) is 15.2. The van der Waals surface area contributed by atoms with Gasteiger partial charge in [0.2, 0.25) is 5.91 Å². The third-order valence-corrected chi connectivity index (χ3v) is 4.92. The van der Waals surface area contributed by atoms with Gasteiger partial charge in [0.15, 0.2) is 0 Å². The van der Waals surface area contributed by atoms with Gasteiger partial charge in [-0.25, -0.2) is 4.98 Å². The molecule has 3 rings (SSSR count). The van der Waals surface area contributed by atoms with Crippen LogP contribution in [-0.2, 0) is 4.79 Å². The number of primary amides is 1. The number of nitrogens with two attached hydrogens (primary N) is 1. The minimum absolute atomic E-state index is 0.0151. The Labute approximate surface area is 131 Å². The number of piperidine rings is 2. The van der Waals surface area contributed by atoms with Gasteiger partial charge in [-0.2, -0.15) is 0 Å². The van der Waals surface area contributed by atoms with Crippen LogP contribution < -0.4 is 10.6 Å². The van der Waals surface area contributed by atoms with E-state index in [1.807, 2.05) is 12.4 Å². The number of hydrogen-bond acceptors (Lipinski definition) is 5. The lowest BCUT2D eigenvalue weighted by Gasteiger charge is -2.32. The Hall–Kier alpha value is -1.69. The Kier molecular flexibility index (Phi) is 4.57. The molecule has 2 saturated heterocycles. The van der Waals surface area contributed by atoms with E-state index in [2.05, 4.69) is 26.8 Å². The number of hydrogen-bond donors (Lipinski definition) is 1. The van der Waals surface area contributed by atoms with Crippen molar-refractivity contribution in [1.29, 1.82) is 0 Å². The van der Waals surface area contributed by atoms with Gasteiger partial charge in [-0.15, -0.1) is 0 Å². The fourth-order valence-corrected chi connectivity index (χ4v) is 3.51. The second kappa shape index (κ2) is 6.60. The molecule has 0 aromatic carbocycles. The fraction of sp³-hybridized carbons (Fsp3) is 0.688. The summed E-state index contributed by atoms with van der Waals surface area (Å²) in [6.07, 6.45) is 7.86. The Morgan fingerprint density at radius 3 is 2.55 bits per heavy atom. The molecular weight excluding hydrogens is 278 g/mol. The lowest BCUT2D eigenvalue weighted by atomic mass is 9.95. The molecule has 2 N–H and O–H groups in total. The molecule has 2 fully saturated rings. The molecule has 1 aromatic heterocycles.